The minimum Gasteiger partial charge on any atom is -0.493 e. The van der Waals surface area contributed by atoms with E-state index in [2.05, 4.69) is 15.4 Å². The van der Waals surface area contributed by atoms with Gasteiger partial charge in [0.25, 0.3) is 5.69 Å². The molecule has 0 radical (unpaired) electrons. The molecule has 0 amide bonds. The molecule has 11 nitrogen and oxygen atoms in total. The Morgan fingerprint density at radius 1 is 1.22 bits per heavy atom. The van der Waals surface area contributed by atoms with Crippen molar-refractivity contribution in [2.75, 3.05) is 13.7 Å². The molecule has 0 spiro atoms. The van der Waals surface area contributed by atoms with Crippen molar-refractivity contribution in [1.29, 1.82) is 0 Å². The predicted octanol–water partition coefficient (Wildman–Crippen LogP) is 1.92. The van der Waals surface area contributed by atoms with E-state index in [0.29, 0.717) is 0 Å². The van der Waals surface area contributed by atoms with Crippen LogP contribution < -0.4 is 9.47 Å². The number of aromatic amines is 1. The molecule has 0 bridgehead atoms. The molecule has 2 rings (SSSR count). The molecule has 0 aliphatic rings. The Balaban J connectivity index is 2.59. The number of H-pyrrole nitrogens is 1. The normalized spacial score (nSPS) is 10.6. The molecule has 11 heteroatoms. The van der Waals surface area contributed by atoms with Crippen LogP contribution in [0.3, 0.4) is 0 Å². The topological polar surface area (TPSA) is 147 Å². The maximum absolute atomic E-state index is 12.9. The highest BCUT2D eigenvalue weighted by Crippen LogP contribution is 2.36. The fraction of sp³-hybridized carbons (Fsp3) is 0.375. The summed E-state index contributed by atoms with van der Waals surface area (Å²) in [6, 6.07) is 2.26. The average Bonchev–Trinajstić information content (AvgIpc) is 3.10. The minimum atomic E-state index is -0.880. The molecular weight excluding hydrogens is 360 g/mol. The molecular formula is C16H18N4O7. The number of nitro groups is 1. The summed E-state index contributed by atoms with van der Waals surface area (Å²) < 4.78 is 15.5. The molecule has 144 valence electrons. The summed E-state index contributed by atoms with van der Waals surface area (Å²) in [5.41, 5.74) is -1.60. The van der Waals surface area contributed by atoms with Gasteiger partial charge in [-0.3, -0.25) is 14.9 Å². The van der Waals surface area contributed by atoms with Crippen LogP contribution in [0.2, 0.25) is 0 Å². The van der Waals surface area contributed by atoms with Crippen molar-refractivity contribution >= 4 is 17.4 Å². The fourth-order valence-corrected chi connectivity index (χ4v) is 2.25. The van der Waals surface area contributed by atoms with Gasteiger partial charge in [-0.1, -0.05) is 0 Å². The lowest BCUT2D eigenvalue weighted by molar-refractivity contribution is -0.385. The van der Waals surface area contributed by atoms with Crippen molar-refractivity contribution < 1.29 is 28.7 Å². The number of ketones is 1. The maximum Gasteiger partial charge on any atom is 0.361 e. The first-order valence-electron chi connectivity index (χ1n) is 7.95. The van der Waals surface area contributed by atoms with Crippen LogP contribution in [0.5, 0.6) is 11.5 Å². The number of benzene rings is 1. The van der Waals surface area contributed by atoms with Crippen LogP contribution in [0.25, 0.3) is 0 Å². The number of rotatable bonds is 8. The maximum atomic E-state index is 12.9. The molecule has 2 aromatic rings. The monoisotopic (exact) mass is 378 g/mol. The Labute approximate surface area is 153 Å². The van der Waals surface area contributed by atoms with Crippen molar-refractivity contribution in [3.63, 3.8) is 0 Å². The van der Waals surface area contributed by atoms with E-state index in [1.807, 2.05) is 0 Å². The number of carbonyl (C=O) groups is 2. The molecule has 0 saturated heterocycles. The first kappa shape index (κ1) is 19.8. The number of nitrogens with zero attached hydrogens (tertiary/aromatic N) is 3. The molecule has 0 unspecified atom stereocenters. The quantitative estimate of drug-likeness (QED) is 0.315. The number of hydrogen-bond donors (Lipinski definition) is 1. The fourth-order valence-electron chi connectivity index (χ4n) is 2.25. The molecule has 0 aliphatic carbocycles. The summed E-state index contributed by atoms with van der Waals surface area (Å²) in [6.07, 6.45) is -0.273. The van der Waals surface area contributed by atoms with Crippen LogP contribution >= 0.6 is 0 Å². The van der Waals surface area contributed by atoms with Crippen LogP contribution in [-0.2, 0) is 4.74 Å². The Hall–Kier alpha value is -3.50. The zero-order valence-corrected chi connectivity index (χ0v) is 15.1. The van der Waals surface area contributed by atoms with Crippen LogP contribution in [0, 0.1) is 10.1 Å². The van der Waals surface area contributed by atoms with E-state index in [4.69, 9.17) is 14.2 Å². The van der Waals surface area contributed by atoms with Gasteiger partial charge < -0.3 is 14.2 Å². The van der Waals surface area contributed by atoms with E-state index in [1.54, 1.807) is 20.8 Å². The molecule has 1 aromatic heterocycles. The van der Waals surface area contributed by atoms with Gasteiger partial charge in [-0.2, -0.15) is 10.3 Å². The molecule has 1 heterocycles. The number of nitro benzene ring substituents is 1. The summed E-state index contributed by atoms with van der Waals surface area (Å²) in [4.78, 5) is 35.5. The SMILES string of the molecule is CCOC(=O)c1n[nH]nc1C(=O)c1cc(OC(C)C)c(OC)cc1[N+](=O)[O-]. The number of nitrogens with one attached hydrogen (secondary N) is 1. The summed E-state index contributed by atoms with van der Waals surface area (Å²) in [7, 11) is 1.32. The highest BCUT2D eigenvalue weighted by molar-refractivity contribution is 6.14. The van der Waals surface area contributed by atoms with Gasteiger partial charge in [0.15, 0.2) is 17.2 Å². The third-order valence-corrected chi connectivity index (χ3v) is 3.32. The van der Waals surface area contributed by atoms with Gasteiger partial charge in [0.1, 0.15) is 5.56 Å². The zero-order valence-electron chi connectivity index (χ0n) is 15.1. The van der Waals surface area contributed by atoms with Crippen molar-refractivity contribution in [3.8, 4) is 11.5 Å². The van der Waals surface area contributed by atoms with Crippen molar-refractivity contribution in [3.05, 3.63) is 39.2 Å². The van der Waals surface area contributed by atoms with Gasteiger partial charge >= 0.3 is 5.97 Å². The molecule has 1 N–H and O–H groups in total. The van der Waals surface area contributed by atoms with Crippen LogP contribution in [0.15, 0.2) is 12.1 Å². The smallest absolute Gasteiger partial charge is 0.361 e. The van der Waals surface area contributed by atoms with Crippen molar-refractivity contribution in [1.82, 2.24) is 15.4 Å². The Kier molecular flexibility index (Phi) is 6.06. The first-order chi connectivity index (χ1) is 12.8. The number of aromatic nitrogens is 3. The van der Waals surface area contributed by atoms with Gasteiger partial charge in [-0.15, -0.1) is 5.10 Å². The third-order valence-electron chi connectivity index (χ3n) is 3.32. The molecule has 0 fully saturated rings. The Bertz CT molecular complexity index is 876. The van der Waals surface area contributed by atoms with E-state index in [0.717, 1.165) is 6.07 Å². The number of methoxy groups -OCH3 is 1. The highest BCUT2D eigenvalue weighted by atomic mass is 16.6. The standard InChI is InChI=1S/C16H18N4O7/c1-5-26-16(22)14-13(17-19-18-14)15(21)9-6-12(27-8(2)3)11(25-4)7-10(9)20(23)24/h6-8H,5H2,1-4H3,(H,17,18,19). The van der Waals surface area contributed by atoms with Crippen molar-refractivity contribution in [2.45, 2.75) is 26.9 Å². The number of esters is 1. The van der Waals surface area contributed by atoms with Crippen LogP contribution in [0.1, 0.15) is 47.3 Å². The Morgan fingerprint density at radius 2 is 1.89 bits per heavy atom. The molecule has 0 atom stereocenters. The van der Waals surface area contributed by atoms with Gasteiger partial charge in [0, 0.05) is 6.07 Å². The molecule has 0 aliphatic heterocycles. The number of hydrogen-bond acceptors (Lipinski definition) is 9. The second kappa shape index (κ2) is 8.25. The lowest BCUT2D eigenvalue weighted by Crippen LogP contribution is -2.15. The highest BCUT2D eigenvalue weighted by Gasteiger charge is 2.31. The van der Waals surface area contributed by atoms with Gasteiger partial charge in [0.2, 0.25) is 11.5 Å². The summed E-state index contributed by atoms with van der Waals surface area (Å²) >= 11 is 0. The van der Waals surface area contributed by atoms with Gasteiger partial charge in [0.05, 0.1) is 30.8 Å². The summed E-state index contributed by atoms with van der Waals surface area (Å²) in [5, 5.41) is 20.9. The molecule has 0 saturated carbocycles. The second-order valence-electron chi connectivity index (χ2n) is 5.51. The third kappa shape index (κ3) is 4.19. The predicted molar refractivity (Wildman–Crippen MR) is 91.2 cm³/mol. The van der Waals surface area contributed by atoms with E-state index < -0.39 is 28.1 Å². The van der Waals surface area contributed by atoms with Crippen molar-refractivity contribution in [2.24, 2.45) is 0 Å². The summed E-state index contributed by atoms with van der Waals surface area (Å²) in [5.74, 6) is -1.51. The van der Waals surface area contributed by atoms with E-state index in [9.17, 15) is 19.7 Å². The van der Waals surface area contributed by atoms with E-state index in [1.165, 1.54) is 13.2 Å². The lowest BCUT2D eigenvalue weighted by atomic mass is 10.0. The largest absolute Gasteiger partial charge is 0.493 e. The first-order valence-corrected chi connectivity index (χ1v) is 7.95. The van der Waals surface area contributed by atoms with Crippen LogP contribution in [-0.4, -0.2) is 51.9 Å². The summed E-state index contributed by atoms with van der Waals surface area (Å²) in [6.45, 7) is 5.15. The Morgan fingerprint density at radius 3 is 2.44 bits per heavy atom. The van der Waals surface area contributed by atoms with Gasteiger partial charge in [-0.25, -0.2) is 4.79 Å². The van der Waals surface area contributed by atoms with E-state index >= 15 is 0 Å². The molecule has 27 heavy (non-hydrogen) atoms. The zero-order chi connectivity index (χ0) is 20.1. The van der Waals surface area contributed by atoms with Gasteiger partial charge in [-0.05, 0) is 20.8 Å². The van der Waals surface area contributed by atoms with Crippen LogP contribution in [0.4, 0.5) is 5.69 Å². The second-order valence-corrected chi connectivity index (χ2v) is 5.51. The molecule has 1 aromatic carbocycles. The average molecular weight is 378 g/mol. The lowest BCUT2D eigenvalue weighted by Gasteiger charge is -2.14. The minimum absolute atomic E-state index is 0.0639. The van der Waals surface area contributed by atoms with E-state index in [-0.39, 0.29) is 35.5 Å². The number of carbonyl (C=O) groups excluding carboxylic acids is 2. The number of ether oxygens (including phenoxy) is 3.